The van der Waals surface area contributed by atoms with E-state index in [-0.39, 0.29) is 5.91 Å². The molecular weight excluding hydrogens is 355 g/mol. The van der Waals surface area contributed by atoms with E-state index in [1.165, 1.54) is 25.9 Å². The molecule has 0 spiro atoms. The van der Waals surface area contributed by atoms with E-state index >= 15 is 0 Å². The predicted octanol–water partition coefficient (Wildman–Crippen LogP) is 4.65. The summed E-state index contributed by atoms with van der Waals surface area (Å²) in [5, 5.41) is 1.05. The zero-order chi connectivity index (χ0) is 18.0. The van der Waals surface area contributed by atoms with Gasteiger partial charge in [-0.3, -0.25) is 4.79 Å². The lowest BCUT2D eigenvalue weighted by molar-refractivity contribution is -0.136. The molecule has 1 unspecified atom stereocenters. The van der Waals surface area contributed by atoms with E-state index in [1.807, 2.05) is 12.1 Å². The van der Waals surface area contributed by atoms with Gasteiger partial charge in [-0.25, -0.2) is 0 Å². The number of benzene rings is 1. The maximum absolute atomic E-state index is 13.0. The summed E-state index contributed by atoms with van der Waals surface area (Å²) in [6.45, 7) is 8.86. The van der Waals surface area contributed by atoms with E-state index in [9.17, 15) is 4.79 Å². The van der Waals surface area contributed by atoms with Gasteiger partial charge in [0.25, 0.3) is 0 Å². The molecule has 3 rings (SSSR count). The number of halogens is 2. The number of piperidine rings is 1. The molecule has 138 valence electrons. The second-order valence-electron chi connectivity index (χ2n) is 8.29. The number of likely N-dealkylation sites (tertiary alicyclic amines) is 2. The Morgan fingerprint density at radius 3 is 2.56 bits per heavy atom. The van der Waals surface area contributed by atoms with Crippen molar-refractivity contribution in [2.75, 3.05) is 26.2 Å². The van der Waals surface area contributed by atoms with Crippen molar-refractivity contribution in [3.05, 3.63) is 33.8 Å². The third-order valence-electron chi connectivity index (χ3n) is 5.59. The molecule has 2 saturated heterocycles. The molecule has 2 heterocycles. The van der Waals surface area contributed by atoms with Crippen LogP contribution in [0.3, 0.4) is 0 Å². The molecule has 25 heavy (non-hydrogen) atoms. The molecule has 2 fully saturated rings. The van der Waals surface area contributed by atoms with Crippen molar-refractivity contribution in [2.24, 2.45) is 5.41 Å². The maximum atomic E-state index is 13.0. The van der Waals surface area contributed by atoms with Crippen LogP contribution in [0.15, 0.2) is 18.2 Å². The number of carbonyl (C=O) groups excluding carboxylic acids is 1. The molecule has 0 N–H and O–H groups in total. The van der Waals surface area contributed by atoms with Crippen molar-refractivity contribution in [2.45, 2.75) is 52.0 Å². The molecule has 0 radical (unpaired) electrons. The van der Waals surface area contributed by atoms with Crippen molar-refractivity contribution in [1.29, 1.82) is 0 Å². The van der Waals surface area contributed by atoms with Gasteiger partial charge in [-0.2, -0.15) is 0 Å². The average Bonchev–Trinajstić information content (AvgIpc) is 3.03. The summed E-state index contributed by atoms with van der Waals surface area (Å²) in [7, 11) is 0. The third-order valence-corrected chi connectivity index (χ3v) is 6.32. The summed E-state index contributed by atoms with van der Waals surface area (Å²) >= 11 is 12.1. The molecule has 0 aromatic heterocycles. The standard InChI is InChI=1S/C20H28Cl2N2O/c1-20(2)7-10-24(16(13-20)14-23-8-3-4-9-23)19(25)12-15-5-6-17(21)18(22)11-15/h5-6,11,16H,3-4,7-10,12-14H2,1-2H3. The molecule has 0 aliphatic carbocycles. The Hall–Kier alpha value is -0.770. The molecule has 0 saturated carbocycles. The Labute approximate surface area is 161 Å². The van der Waals surface area contributed by atoms with Gasteiger partial charge in [0.05, 0.1) is 16.5 Å². The topological polar surface area (TPSA) is 23.6 Å². The number of rotatable bonds is 4. The van der Waals surface area contributed by atoms with E-state index in [0.717, 1.165) is 31.5 Å². The van der Waals surface area contributed by atoms with Crippen LogP contribution in [0.5, 0.6) is 0 Å². The Morgan fingerprint density at radius 2 is 1.88 bits per heavy atom. The summed E-state index contributed by atoms with van der Waals surface area (Å²) in [6, 6.07) is 5.80. The molecule has 1 amide bonds. The second-order valence-corrected chi connectivity index (χ2v) is 9.11. The molecule has 1 atom stereocenters. The quantitative estimate of drug-likeness (QED) is 0.756. The van der Waals surface area contributed by atoms with Crippen LogP contribution in [0.25, 0.3) is 0 Å². The Bertz CT molecular complexity index is 626. The number of carbonyl (C=O) groups is 1. The van der Waals surface area contributed by atoms with Crippen molar-refractivity contribution in [3.63, 3.8) is 0 Å². The average molecular weight is 383 g/mol. The fourth-order valence-electron chi connectivity index (χ4n) is 4.14. The number of hydrogen-bond acceptors (Lipinski definition) is 2. The van der Waals surface area contributed by atoms with E-state index in [1.54, 1.807) is 6.07 Å². The van der Waals surface area contributed by atoms with Gasteiger partial charge >= 0.3 is 0 Å². The van der Waals surface area contributed by atoms with E-state index in [2.05, 4.69) is 23.6 Å². The fraction of sp³-hybridized carbons (Fsp3) is 0.650. The minimum absolute atomic E-state index is 0.207. The smallest absolute Gasteiger partial charge is 0.227 e. The maximum Gasteiger partial charge on any atom is 0.227 e. The monoisotopic (exact) mass is 382 g/mol. The van der Waals surface area contributed by atoms with Crippen LogP contribution in [-0.2, 0) is 11.2 Å². The normalized spacial score (nSPS) is 23.8. The van der Waals surface area contributed by atoms with Crippen molar-refractivity contribution in [1.82, 2.24) is 9.80 Å². The number of amides is 1. The van der Waals surface area contributed by atoms with Crippen molar-refractivity contribution >= 4 is 29.1 Å². The molecule has 2 aliphatic heterocycles. The van der Waals surface area contributed by atoms with E-state index < -0.39 is 0 Å². The minimum Gasteiger partial charge on any atom is -0.338 e. The van der Waals surface area contributed by atoms with Gasteiger partial charge in [0.2, 0.25) is 5.91 Å². The first-order valence-corrected chi connectivity index (χ1v) is 10.1. The van der Waals surface area contributed by atoms with Crippen LogP contribution in [0.4, 0.5) is 0 Å². The highest BCUT2D eigenvalue weighted by molar-refractivity contribution is 6.42. The SMILES string of the molecule is CC1(C)CCN(C(=O)Cc2ccc(Cl)c(Cl)c2)C(CN2CCCC2)C1. The van der Waals surface area contributed by atoms with Crippen LogP contribution >= 0.6 is 23.2 Å². The van der Waals surface area contributed by atoms with Crippen molar-refractivity contribution in [3.8, 4) is 0 Å². The van der Waals surface area contributed by atoms with Crippen LogP contribution in [0.1, 0.15) is 45.1 Å². The van der Waals surface area contributed by atoms with Gasteiger partial charge in [0.1, 0.15) is 0 Å². The first-order chi connectivity index (χ1) is 11.8. The molecule has 3 nitrogen and oxygen atoms in total. The summed E-state index contributed by atoms with van der Waals surface area (Å²) < 4.78 is 0. The predicted molar refractivity (Wildman–Crippen MR) is 104 cm³/mol. The van der Waals surface area contributed by atoms with Crippen molar-refractivity contribution < 1.29 is 4.79 Å². The van der Waals surface area contributed by atoms with E-state index in [4.69, 9.17) is 23.2 Å². The lowest BCUT2D eigenvalue weighted by atomic mass is 9.78. The van der Waals surface area contributed by atoms with Crippen LogP contribution in [0, 0.1) is 5.41 Å². The fourth-order valence-corrected chi connectivity index (χ4v) is 4.46. The highest BCUT2D eigenvalue weighted by atomic mass is 35.5. The lowest BCUT2D eigenvalue weighted by Crippen LogP contribution is -2.53. The molecule has 1 aromatic carbocycles. The molecule has 1 aromatic rings. The molecule has 0 bridgehead atoms. The van der Waals surface area contributed by atoms with E-state index in [0.29, 0.717) is 27.9 Å². The highest BCUT2D eigenvalue weighted by Crippen LogP contribution is 2.35. The van der Waals surface area contributed by atoms with Crippen LogP contribution in [0.2, 0.25) is 10.0 Å². The Kier molecular flexibility index (Phi) is 5.97. The summed E-state index contributed by atoms with van der Waals surface area (Å²) in [5.41, 5.74) is 1.24. The lowest BCUT2D eigenvalue weighted by Gasteiger charge is -2.45. The largest absolute Gasteiger partial charge is 0.338 e. The van der Waals surface area contributed by atoms with Gasteiger partial charge in [0.15, 0.2) is 0 Å². The zero-order valence-electron chi connectivity index (χ0n) is 15.2. The van der Waals surface area contributed by atoms with Crippen LogP contribution < -0.4 is 0 Å². The second kappa shape index (κ2) is 7.85. The molecular formula is C20H28Cl2N2O. The number of hydrogen-bond donors (Lipinski definition) is 0. The first-order valence-electron chi connectivity index (χ1n) is 9.30. The summed E-state index contributed by atoms with van der Waals surface area (Å²) in [5.74, 6) is 0.207. The Balaban J connectivity index is 1.69. The summed E-state index contributed by atoms with van der Waals surface area (Å²) in [4.78, 5) is 17.6. The van der Waals surface area contributed by atoms with Gasteiger partial charge in [-0.15, -0.1) is 0 Å². The van der Waals surface area contributed by atoms with Gasteiger partial charge in [0, 0.05) is 19.1 Å². The van der Waals surface area contributed by atoms with Crippen LogP contribution in [-0.4, -0.2) is 47.9 Å². The Morgan fingerprint density at radius 1 is 1.16 bits per heavy atom. The minimum atomic E-state index is 0.207. The molecule has 2 aliphatic rings. The highest BCUT2D eigenvalue weighted by Gasteiger charge is 2.36. The first kappa shape index (κ1) is 19.0. The van der Waals surface area contributed by atoms with Gasteiger partial charge in [-0.05, 0) is 61.9 Å². The summed E-state index contributed by atoms with van der Waals surface area (Å²) in [6.07, 6.45) is 5.11. The zero-order valence-corrected chi connectivity index (χ0v) is 16.7. The third kappa shape index (κ3) is 4.90. The van der Waals surface area contributed by atoms with Gasteiger partial charge in [-0.1, -0.05) is 43.1 Å². The van der Waals surface area contributed by atoms with Gasteiger partial charge < -0.3 is 9.80 Å². The number of nitrogens with zero attached hydrogens (tertiary/aromatic N) is 2. The molecule has 5 heteroatoms.